The fraction of sp³-hybridized carbons (Fsp3) is 0.207. The van der Waals surface area contributed by atoms with Crippen molar-refractivity contribution in [3.8, 4) is 29.2 Å². The van der Waals surface area contributed by atoms with Gasteiger partial charge in [-0.2, -0.15) is 8.42 Å². The summed E-state index contributed by atoms with van der Waals surface area (Å²) in [4.78, 5) is 16.9. The lowest BCUT2D eigenvalue weighted by Crippen LogP contribution is -2.12. The van der Waals surface area contributed by atoms with Gasteiger partial charge < -0.3 is 14.3 Å². The van der Waals surface area contributed by atoms with Gasteiger partial charge in [0.05, 0.1) is 27.3 Å². The number of aromatic nitrogens is 2. The van der Waals surface area contributed by atoms with Crippen LogP contribution < -0.4 is 10.2 Å². The molecule has 5 aromatic rings. The maximum atomic E-state index is 13.9. The number of halogens is 1. The molecule has 6 nitrogen and oxygen atoms in total. The van der Waals surface area contributed by atoms with Gasteiger partial charge in [-0.1, -0.05) is 24.1 Å². The van der Waals surface area contributed by atoms with Crippen LogP contribution in [-0.2, 0) is 10.2 Å². The number of benzene rings is 3. The van der Waals surface area contributed by atoms with E-state index in [1.165, 1.54) is 18.2 Å². The number of fused-ring (bicyclic) bond motifs is 4. The Bertz CT molecular complexity index is 1960. The van der Waals surface area contributed by atoms with Crippen LogP contribution in [0.3, 0.4) is 0 Å². The summed E-state index contributed by atoms with van der Waals surface area (Å²) in [5.74, 6) is 3.06. The van der Waals surface area contributed by atoms with Gasteiger partial charge >= 0.3 is 10.2 Å². The molecule has 186 valence electrons. The highest BCUT2D eigenvalue weighted by Gasteiger charge is 2.29. The Balaban J connectivity index is 1.73. The van der Waals surface area contributed by atoms with Gasteiger partial charge in [0.25, 0.3) is 0 Å². The summed E-state index contributed by atoms with van der Waals surface area (Å²) in [6.07, 6.45) is 7.31. The first-order valence-electron chi connectivity index (χ1n) is 12.0. The van der Waals surface area contributed by atoms with E-state index in [2.05, 4.69) is 15.5 Å². The van der Waals surface area contributed by atoms with Gasteiger partial charge in [-0.15, -0.1) is 10.3 Å². The van der Waals surface area contributed by atoms with Gasteiger partial charge in [0, 0.05) is 28.1 Å². The molecule has 0 unspecified atom stereocenters. The van der Waals surface area contributed by atoms with Gasteiger partial charge in [0.1, 0.15) is 11.4 Å². The maximum absolute atomic E-state index is 13.9. The third-order valence-electron chi connectivity index (χ3n) is 6.72. The first kappa shape index (κ1) is 23.3. The van der Waals surface area contributed by atoms with Crippen molar-refractivity contribution in [2.24, 2.45) is 0 Å². The van der Waals surface area contributed by atoms with E-state index in [-0.39, 0.29) is 17.6 Å². The summed E-state index contributed by atoms with van der Waals surface area (Å²) in [6.45, 7) is 3.73. The monoisotopic (exact) mass is 514 g/mol. The summed E-state index contributed by atoms with van der Waals surface area (Å²) in [5, 5.41) is 1.88. The quantitative estimate of drug-likeness (QED) is 0.228. The van der Waals surface area contributed by atoms with Crippen molar-refractivity contribution < 1.29 is 17.0 Å². The van der Waals surface area contributed by atoms with E-state index in [0.717, 1.165) is 23.7 Å². The smallest absolute Gasteiger partial charge is 0.332 e. The van der Waals surface area contributed by atoms with Crippen LogP contribution in [0.2, 0.25) is 0 Å². The highest BCUT2D eigenvalue weighted by Crippen LogP contribution is 2.43. The van der Waals surface area contributed by atoms with E-state index in [1.54, 1.807) is 12.1 Å². The second-order valence-corrected chi connectivity index (χ2v) is 11.0. The third kappa shape index (κ3) is 3.87. The summed E-state index contributed by atoms with van der Waals surface area (Å²) in [7, 11) is -4.89. The molecule has 0 bridgehead atoms. The Labute approximate surface area is 212 Å². The molecule has 0 aliphatic heterocycles. The molecule has 6 rings (SSSR count). The van der Waals surface area contributed by atoms with E-state index in [4.69, 9.17) is 11.2 Å². The van der Waals surface area contributed by atoms with Crippen LogP contribution >= 0.6 is 0 Å². The van der Waals surface area contributed by atoms with Crippen molar-refractivity contribution in [3.63, 3.8) is 0 Å². The number of ether oxygens (including phenoxy) is 1. The molecule has 3 aromatic carbocycles. The lowest BCUT2D eigenvalue weighted by molar-refractivity contribution is 0.244. The van der Waals surface area contributed by atoms with E-state index in [9.17, 15) is 17.1 Å². The first-order valence-corrected chi connectivity index (χ1v) is 13.4. The number of rotatable bonds is 5. The molecule has 1 fully saturated rings. The zero-order chi connectivity index (χ0) is 26.1. The predicted octanol–water partition coefficient (Wildman–Crippen LogP) is 6.06. The topological polar surface area (TPSA) is 81.2 Å². The lowest BCUT2D eigenvalue weighted by Gasteiger charge is -2.19. The van der Waals surface area contributed by atoms with Crippen molar-refractivity contribution in [1.29, 1.82) is 0 Å². The molecule has 1 aliphatic carbocycles. The highest BCUT2D eigenvalue weighted by molar-refractivity contribution is 7.86. The Morgan fingerprint density at radius 3 is 2.57 bits per heavy atom. The Hall–Kier alpha value is -4.09. The summed E-state index contributed by atoms with van der Waals surface area (Å²) < 4.78 is 45.3. The minimum atomic E-state index is -4.89. The van der Waals surface area contributed by atoms with Crippen molar-refractivity contribution in [2.75, 3.05) is 0 Å². The van der Waals surface area contributed by atoms with E-state index in [1.807, 2.05) is 38.1 Å². The molecule has 0 radical (unpaired) electrons. The average molecular weight is 515 g/mol. The molecule has 8 heteroatoms. The zero-order valence-corrected chi connectivity index (χ0v) is 21.0. The van der Waals surface area contributed by atoms with Crippen molar-refractivity contribution in [3.05, 3.63) is 70.4 Å². The van der Waals surface area contributed by atoms with Gasteiger partial charge in [-0.05, 0) is 68.7 Å². The molecular weight excluding hydrogens is 491 g/mol. The molecular formula is C29H23FN2O4S. The fourth-order valence-corrected chi connectivity index (χ4v) is 5.50. The van der Waals surface area contributed by atoms with Crippen LogP contribution in [0, 0.1) is 12.3 Å². The number of hydrogen-bond acceptors (Lipinski definition) is 4. The number of hydrogen-bond donors (Lipinski definition) is 1. The number of terminal acetylenes is 1. The third-order valence-corrected chi connectivity index (χ3v) is 7.53. The highest BCUT2D eigenvalue weighted by atomic mass is 32.3. The normalized spacial score (nSPS) is 14.0. The van der Waals surface area contributed by atoms with Crippen LogP contribution in [0.4, 0.5) is 3.89 Å². The Kier molecular flexibility index (Phi) is 5.18. The van der Waals surface area contributed by atoms with Crippen molar-refractivity contribution in [2.45, 2.75) is 43.7 Å². The van der Waals surface area contributed by atoms with Gasteiger partial charge in [-0.25, -0.2) is 0 Å². The number of nitrogens with zero attached hydrogens (tertiary/aromatic N) is 1. The van der Waals surface area contributed by atoms with Crippen LogP contribution in [0.5, 0.6) is 5.75 Å². The standard InChI is InChI=1S/C29H23FN2O4S/c1-4-17-8-11-21-24(12-17)31-29-27(21)28(33)23-15-26(36-16(2)3)22(14-25(23)32(29)19-9-10-19)18-6-5-7-20(13-18)37(30,34)35/h1,5-8,11-16,19,31H,9-10H2,2-3H3. The number of aromatic amines is 1. The minimum absolute atomic E-state index is 0.137. The summed E-state index contributed by atoms with van der Waals surface area (Å²) in [6, 6.07) is 15.0. The van der Waals surface area contributed by atoms with Crippen molar-refractivity contribution >= 4 is 43.1 Å². The van der Waals surface area contributed by atoms with E-state index < -0.39 is 15.1 Å². The van der Waals surface area contributed by atoms with Crippen LogP contribution in [0.1, 0.15) is 38.3 Å². The molecule has 1 saturated carbocycles. The second kappa shape index (κ2) is 8.22. The SMILES string of the molecule is C#Cc1ccc2c(c1)[nH]c1c2c(=O)c2cc(OC(C)C)c(-c3cccc(S(=O)(=O)F)c3)cc2n1C1CC1. The zero-order valence-electron chi connectivity index (χ0n) is 20.2. The van der Waals surface area contributed by atoms with Crippen molar-refractivity contribution in [1.82, 2.24) is 9.55 Å². The minimum Gasteiger partial charge on any atom is -0.490 e. The molecule has 0 atom stereocenters. The van der Waals surface area contributed by atoms with Crippen LogP contribution in [-0.4, -0.2) is 24.1 Å². The fourth-order valence-electron chi connectivity index (χ4n) is 4.99. The molecule has 0 spiro atoms. The summed E-state index contributed by atoms with van der Waals surface area (Å²) in [5.41, 5.74) is 3.82. The average Bonchev–Trinajstić information content (AvgIpc) is 3.62. The first-order chi connectivity index (χ1) is 17.7. The lowest BCUT2D eigenvalue weighted by atomic mass is 10.0. The largest absolute Gasteiger partial charge is 0.490 e. The molecule has 37 heavy (non-hydrogen) atoms. The van der Waals surface area contributed by atoms with E-state index in [0.29, 0.717) is 44.4 Å². The molecule has 0 saturated heterocycles. The van der Waals surface area contributed by atoms with Gasteiger partial charge in [0.2, 0.25) is 0 Å². The second-order valence-electron chi connectivity index (χ2n) is 9.68. The molecule has 2 heterocycles. The van der Waals surface area contributed by atoms with Crippen LogP contribution in [0.15, 0.2) is 64.3 Å². The molecule has 2 aromatic heterocycles. The van der Waals surface area contributed by atoms with Gasteiger partial charge in [0.15, 0.2) is 5.43 Å². The molecule has 0 amide bonds. The van der Waals surface area contributed by atoms with E-state index >= 15 is 0 Å². The Morgan fingerprint density at radius 2 is 1.89 bits per heavy atom. The number of H-pyrrole nitrogens is 1. The summed E-state index contributed by atoms with van der Waals surface area (Å²) >= 11 is 0. The molecule has 1 aliphatic rings. The maximum Gasteiger partial charge on any atom is 0.332 e. The molecule has 1 N–H and O–H groups in total. The van der Waals surface area contributed by atoms with Crippen LogP contribution in [0.25, 0.3) is 44.0 Å². The Morgan fingerprint density at radius 1 is 1.11 bits per heavy atom. The number of nitrogens with one attached hydrogen (secondary N) is 1. The number of pyridine rings is 1. The predicted molar refractivity (Wildman–Crippen MR) is 143 cm³/mol. The van der Waals surface area contributed by atoms with Gasteiger partial charge in [-0.3, -0.25) is 4.79 Å².